The fourth-order valence-electron chi connectivity index (χ4n) is 3.76. The van der Waals surface area contributed by atoms with Crippen molar-refractivity contribution in [3.63, 3.8) is 0 Å². The molecule has 0 fully saturated rings. The second-order valence-corrected chi connectivity index (χ2v) is 6.92. The van der Waals surface area contributed by atoms with Crippen LogP contribution in [0.4, 0.5) is 5.82 Å². The molecule has 0 aliphatic carbocycles. The van der Waals surface area contributed by atoms with Crippen LogP contribution in [0.5, 0.6) is 0 Å². The smallest absolute Gasteiger partial charge is 0.138 e. The summed E-state index contributed by atoms with van der Waals surface area (Å²) in [6.07, 6.45) is -1.17. The molecule has 0 spiro atoms. The van der Waals surface area contributed by atoms with E-state index in [-0.39, 0.29) is 6.04 Å². The maximum atomic E-state index is 11.1. The first-order chi connectivity index (χ1) is 13.1. The van der Waals surface area contributed by atoms with E-state index in [2.05, 4.69) is 21.6 Å². The van der Waals surface area contributed by atoms with Gasteiger partial charge in [-0.05, 0) is 31.5 Å². The molecule has 6 heteroatoms. The number of aliphatic hydroxyl groups is 1. The number of aromatic nitrogens is 2. The number of fused-ring (bicyclic) bond motifs is 3. The summed E-state index contributed by atoms with van der Waals surface area (Å²) in [6, 6.07) is 13.7. The zero-order valence-corrected chi connectivity index (χ0v) is 15.8. The number of hydrogen-bond donors (Lipinski definition) is 2. The quantitative estimate of drug-likeness (QED) is 0.678. The van der Waals surface area contributed by atoms with Crippen molar-refractivity contribution in [2.24, 2.45) is 0 Å². The van der Waals surface area contributed by atoms with Gasteiger partial charge in [-0.25, -0.2) is 4.98 Å². The molecule has 1 aromatic carbocycles. The molecule has 4 rings (SSSR count). The van der Waals surface area contributed by atoms with E-state index < -0.39 is 12.2 Å². The van der Waals surface area contributed by atoms with Crippen LogP contribution >= 0.6 is 0 Å². The van der Waals surface area contributed by atoms with Crippen molar-refractivity contribution in [3.8, 4) is 0 Å². The first-order valence-corrected chi connectivity index (χ1v) is 9.20. The highest BCUT2D eigenvalue weighted by atomic mass is 16.5. The largest absolute Gasteiger partial charge is 0.388 e. The van der Waals surface area contributed by atoms with Crippen LogP contribution in [0.25, 0.3) is 5.65 Å². The van der Waals surface area contributed by atoms with Gasteiger partial charge in [-0.3, -0.25) is 4.40 Å². The third kappa shape index (κ3) is 3.10. The Balaban J connectivity index is 1.84. The van der Waals surface area contributed by atoms with Gasteiger partial charge in [-0.15, -0.1) is 0 Å². The van der Waals surface area contributed by atoms with Gasteiger partial charge < -0.3 is 19.9 Å². The van der Waals surface area contributed by atoms with Crippen LogP contribution in [0, 0.1) is 13.8 Å². The van der Waals surface area contributed by atoms with E-state index in [9.17, 15) is 5.11 Å². The average molecular weight is 367 g/mol. The van der Waals surface area contributed by atoms with Crippen molar-refractivity contribution in [2.45, 2.75) is 32.1 Å². The van der Waals surface area contributed by atoms with Gasteiger partial charge in [0.2, 0.25) is 0 Å². The topological polar surface area (TPSA) is 68.0 Å². The summed E-state index contributed by atoms with van der Waals surface area (Å²) < 4.78 is 13.3. The Hall–Kier alpha value is -2.41. The number of imidazole rings is 1. The molecule has 142 valence electrons. The Kier molecular flexibility index (Phi) is 4.86. The molecular weight excluding hydrogens is 342 g/mol. The first kappa shape index (κ1) is 18.0. The SMILES string of the molecule is COCCO[C@@H]1c2ccc3nc(C)c(C)n3c2N[C@H](c2ccccc2)[C@H]1O. The fourth-order valence-corrected chi connectivity index (χ4v) is 3.76. The molecule has 0 unspecified atom stereocenters. The van der Waals surface area contributed by atoms with E-state index in [0.29, 0.717) is 13.2 Å². The molecule has 6 nitrogen and oxygen atoms in total. The molecule has 0 amide bonds. The summed E-state index contributed by atoms with van der Waals surface area (Å²) >= 11 is 0. The van der Waals surface area contributed by atoms with E-state index in [1.54, 1.807) is 7.11 Å². The molecule has 3 aromatic rings. The van der Waals surface area contributed by atoms with Crippen LogP contribution in [-0.2, 0) is 9.47 Å². The van der Waals surface area contributed by atoms with E-state index in [1.807, 2.05) is 49.4 Å². The van der Waals surface area contributed by atoms with Gasteiger partial charge in [0.25, 0.3) is 0 Å². The molecule has 1 aliphatic heterocycles. The van der Waals surface area contributed by atoms with Crippen molar-refractivity contribution >= 4 is 11.5 Å². The third-order valence-electron chi connectivity index (χ3n) is 5.27. The number of pyridine rings is 1. The molecule has 0 saturated heterocycles. The lowest BCUT2D eigenvalue weighted by molar-refractivity contribution is -0.0637. The number of nitrogens with one attached hydrogen (secondary N) is 1. The predicted molar refractivity (Wildman–Crippen MR) is 104 cm³/mol. The van der Waals surface area contributed by atoms with Gasteiger partial charge in [0.15, 0.2) is 0 Å². The van der Waals surface area contributed by atoms with Crippen LogP contribution in [0.3, 0.4) is 0 Å². The van der Waals surface area contributed by atoms with Crippen molar-refractivity contribution in [3.05, 3.63) is 65.0 Å². The summed E-state index contributed by atoms with van der Waals surface area (Å²) in [6.45, 7) is 4.96. The maximum Gasteiger partial charge on any atom is 0.138 e. The molecule has 3 heterocycles. The third-order valence-corrected chi connectivity index (χ3v) is 5.27. The van der Waals surface area contributed by atoms with Crippen molar-refractivity contribution in [1.29, 1.82) is 0 Å². The Morgan fingerprint density at radius 2 is 1.89 bits per heavy atom. The predicted octanol–water partition coefficient (Wildman–Crippen LogP) is 3.18. The number of rotatable bonds is 5. The lowest BCUT2D eigenvalue weighted by atomic mass is 9.90. The van der Waals surface area contributed by atoms with Gasteiger partial charge >= 0.3 is 0 Å². The second kappa shape index (κ2) is 7.31. The number of methoxy groups -OCH3 is 1. The van der Waals surface area contributed by atoms with E-state index in [1.165, 1.54) is 0 Å². The molecule has 2 N–H and O–H groups in total. The van der Waals surface area contributed by atoms with Crippen molar-refractivity contribution < 1.29 is 14.6 Å². The number of aliphatic hydroxyl groups excluding tert-OH is 1. The van der Waals surface area contributed by atoms with Crippen LogP contribution in [-0.4, -0.2) is 40.9 Å². The van der Waals surface area contributed by atoms with Crippen LogP contribution in [0.15, 0.2) is 42.5 Å². The number of aryl methyl sites for hydroxylation is 2. The monoisotopic (exact) mass is 367 g/mol. The zero-order valence-electron chi connectivity index (χ0n) is 15.8. The average Bonchev–Trinajstić information content (AvgIpc) is 2.98. The standard InChI is InChI=1S/C21H25N3O3/c1-13-14(2)24-17(22-13)10-9-16-20(27-12-11-26-3)19(25)18(23-21(16)24)15-7-5-4-6-8-15/h4-10,18-20,23,25H,11-12H2,1-3H3/t18-,19-,20-/m1/s1. The van der Waals surface area contributed by atoms with Gasteiger partial charge in [0.05, 0.1) is 24.9 Å². The van der Waals surface area contributed by atoms with E-state index in [0.717, 1.165) is 34.0 Å². The number of nitrogens with zero attached hydrogens (tertiary/aromatic N) is 2. The molecule has 3 atom stereocenters. The highest BCUT2D eigenvalue weighted by Gasteiger charge is 2.38. The van der Waals surface area contributed by atoms with E-state index in [4.69, 9.17) is 9.47 Å². The summed E-state index contributed by atoms with van der Waals surface area (Å²) in [7, 11) is 1.64. The van der Waals surface area contributed by atoms with Gasteiger partial charge in [0.1, 0.15) is 23.7 Å². The molecule has 2 aromatic heterocycles. The lowest BCUT2D eigenvalue weighted by Gasteiger charge is -2.38. The fraction of sp³-hybridized carbons (Fsp3) is 0.381. The van der Waals surface area contributed by atoms with Crippen LogP contribution < -0.4 is 5.32 Å². The molecule has 0 saturated carbocycles. The Labute approximate surface area is 158 Å². The number of benzene rings is 1. The summed E-state index contributed by atoms with van der Waals surface area (Å²) in [5, 5.41) is 14.7. The number of anilines is 1. The van der Waals surface area contributed by atoms with Crippen molar-refractivity contribution in [2.75, 3.05) is 25.6 Å². The number of ether oxygens (including phenoxy) is 2. The molecule has 1 aliphatic rings. The summed E-state index contributed by atoms with van der Waals surface area (Å²) in [5.41, 5.74) is 4.90. The molecular formula is C21H25N3O3. The van der Waals surface area contributed by atoms with Crippen LogP contribution in [0.2, 0.25) is 0 Å². The Morgan fingerprint density at radius 3 is 2.63 bits per heavy atom. The highest BCUT2D eigenvalue weighted by molar-refractivity contribution is 5.61. The minimum atomic E-state index is -0.723. The Morgan fingerprint density at radius 1 is 1.11 bits per heavy atom. The maximum absolute atomic E-state index is 11.1. The van der Waals surface area contributed by atoms with Crippen molar-refractivity contribution in [1.82, 2.24) is 9.38 Å². The zero-order chi connectivity index (χ0) is 19.0. The lowest BCUT2D eigenvalue weighted by Crippen LogP contribution is -2.38. The van der Waals surface area contributed by atoms with E-state index >= 15 is 0 Å². The Bertz CT molecular complexity index is 939. The number of hydrogen-bond acceptors (Lipinski definition) is 5. The molecule has 27 heavy (non-hydrogen) atoms. The highest BCUT2D eigenvalue weighted by Crippen LogP contribution is 2.41. The summed E-state index contributed by atoms with van der Waals surface area (Å²) in [4.78, 5) is 4.64. The second-order valence-electron chi connectivity index (χ2n) is 6.92. The summed E-state index contributed by atoms with van der Waals surface area (Å²) in [5.74, 6) is 0.923. The van der Waals surface area contributed by atoms with Gasteiger partial charge in [-0.2, -0.15) is 0 Å². The first-order valence-electron chi connectivity index (χ1n) is 9.20. The molecule has 0 bridgehead atoms. The van der Waals surface area contributed by atoms with Crippen LogP contribution in [0.1, 0.15) is 34.7 Å². The van der Waals surface area contributed by atoms with Gasteiger partial charge in [0, 0.05) is 18.4 Å². The normalized spacial score (nSPS) is 21.9. The minimum Gasteiger partial charge on any atom is -0.388 e. The molecule has 0 radical (unpaired) electrons. The van der Waals surface area contributed by atoms with Gasteiger partial charge in [-0.1, -0.05) is 30.3 Å². The minimum absolute atomic E-state index is 0.279.